The number of para-hydroxylation sites is 1. The van der Waals surface area contributed by atoms with Crippen LogP contribution in [-0.2, 0) is 4.79 Å². The van der Waals surface area contributed by atoms with E-state index in [4.69, 9.17) is 19.5 Å². The standard InChI is InChI=1S/C19H19N3O5/c1-25-15-8-13(9-16(26-2)18(15)27-3)19(24)21-11-17(23)22-14-7-5-4-6-12(14)10-20/h4-9H,11H2,1-3H3,(H,21,24)(H,22,23). The van der Waals surface area contributed by atoms with Crippen molar-refractivity contribution >= 4 is 17.5 Å². The monoisotopic (exact) mass is 369 g/mol. The van der Waals surface area contributed by atoms with E-state index in [9.17, 15) is 9.59 Å². The molecule has 8 heteroatoms. The fourth-order valence-corrected chi connectivity index (χ4v) is 2.36. The first-order valence-electron chi connectivity index (χ1n) is 7.91. The SMILES string of the molecule is COc1cc(C(=O)NCC(=O)Nc2ccccc2C#N)cc(OC)c1OC. The number of nitrogens with zero attached hydrogens (tertiary/aromatic N) is 1. The van der Waals surface area contributed by atoms with Crippen LogP contribution in [0.2, 0.25) is 0 Å². The lowest BCUT2D eigenvalue weighted by molar-refractivity contribution is -0.115. The van der Waals surface area contributed by atoms with E-state index >= 15 is 0 Å². The van der Waals surface area contributed by atoms with E-state index < -0.39 is 11.8 Å². The molecular weight excluding hydrogens is 350 g/mol. The molecule has 2 aromatic carbocycles. The van der Waals surface area contributed by atoms with Crippen LogP contribution in [0.4, 0.5) is 5.69 Å². The Morgan fingerprint density at radius 2 is 1.67 bits per heavy atom. The second-order valence-electron chi connectivity index (χ2n) is 5.30. The van der Waals surface area contributed by atoms with E-state index in [1.165, 1.54) is 33.5 Å². The summed E-state index contributed by atoms with van der Waals surface area (Å²) in [6, 6.07) is 11.5. The summed E-state index contributed by atoms with van der Waals surface area (Å²) in [6.45, 7) is -0.269. The molecule has 0 aromatic heterocycles. The van der Waals surface area contributed by atoms with E-state index in [-0.39, 0.29) is 12.1 Å². The number of anilines is 1. The number of hydrogen-bond acceptors (Lipinski definition) is 6. The highest BCUT2D eigenvalue weighted by Gasteiger charge is 2.17. The van der Waals surface area contributed by atoms with Crippen molar-refractivity contribution in [1.82, 2.24) is 5.32 Å². The van der Waals surface area contributed by atoms with E-state index in [0.717, 1.165) is 0 Å². The molecule has 2 rings (SSSR count). The van der Waals surface area contributed by atoms with Crippen molar-refractivity contribution in [3.63, 3.8) is 0 Å². The topological polar surface area (TPSA) is 110 Å². The predicted octanol–water partition coefficient (Wildman–Crippen LogP) is 1.95. The minimum Gasteiger partial charge on any atom is -0.493 e. The first-order valence-corrected chi connectivity index (χ1v) is 7.91. The van der Waals surface area contributed by atoms with Crippen LogP contribution in [0.1, 0.15) is 15.9 Å². The van der Waals surface area contributed by atoms with Gasteiger partial charge in [-0.1, -0.05) is 12.1 Å². The Hall–Kier alpha value is -3.73. The number of carbonyl (C=O) groups is 2. The van der Waals surface area contributed by atoms with Gasteiger partial charge in [-0.25, -0.2) is 0 Å². The summed E-state index contributed by atoms with van der Waals surface area (Å²) in [5, 5.41) is 14.1. The molecule has 0 aliphatic rings. The summed E-state index contributed by atoms with van der Waals surface area (Å²) >= 11 is 0. The van der Waals surface area contributed by atoms with Gasteiger partial charge < -0.3 is 24.8 Å². The molecule has 0 aliphatic heterocycles. The smallest absolute Gasteiger partial charge is 0.251 e. The van der Waals surface area contributed by atoms with E-state index in [0.29, 0.717) is 28.5 Å². The summed E-state index contributed by atoms with van der Waals surface area (Å²) in [5.41, 5.74) is 0.962. The van der Waals surface area contributed by atoms with Crippen molar-refractivity contribution in [2.24, 2.45) is 0 Å². The average molecular weight is 369 g/mol. The van der Waals surface area contributed by atoms with Gasteiger partial charge in [-0.3, -0.25) is 9.59 Å². The second-order valence-corrected chi connectivity index (χ2v) is 5.30. The van der Waals surface area contributed by atoms with Gasteiger partial charge in [0.1, 0.15) is 6.07 Å². The van der Waals surface area contributed by atoms with Crippen molar-refractivity contribution in [2.45, 2.75) is 0 Å². The number of carbonyl (C=O) groups excluding carboxylic acids is 2. The fourth-order valence-electron chi connectivity index (χ4n) is 2.36. The molecule has 0 saturated heterocycles. The first-order chi connectivity index (χ1) is 13.0. The maximum absolute atomic E-state index is 12.4. The number of amides is 2. The lowest BCUT2D eigenvalue weighted by atomic mass is 10.1. The third-order valence-electron chi connectivity index (χ3n) is 3.66. The van der Waals surface area contributed by atoms with Crippen LogP contribution in [0.5, 0.6) is 17.2 Å². The lowest BCUT2D eigenvalue weighted by Gasteiger charge is -2.14. The summed E-state index contributed by atoms with van der Waals surface area (Å²) in [7, 11) is 4.35. The molecule has 0 heterocycles. The van der Waals surface area contributed by atoms with Gasteiger partial charge in [0.15, 0.2) is 11.5 Å². The van der Waals surface area contributed by atoms with Crippen LogP contribution in [-0.4, -0.2) is 39.7 Å². The van der Waals surface area contributed by atoms with E-state index in [2.05, 4.69) is 10.6 Å². The van der Waals surface area contributed by atoms with Gasteiger partial charge in [-0.05, 0) is 24.3 Å². The third-order valence-corrected chi connectivity index (χ3v) is 3.66. The largest absolute Gasteiger partial charge is 0.493 e. The molecule has 0 fully saturated rings. The highest BCUT2D eigenvalue weighted by atomic mass is 16.5. The fraction of sp³-hybridized carbons (Fsp3) is 0.211. The quantitative estimate of drug-likeness (QED) is 0.772. The van der Waals surface area contributed by atoms with Gasteiger partial charge >= 0.3 is 0 Å². The van der Waals surface area contributed by atoms with Crippen LogP contribution in [0.3, 0.4) is 0 Å². The molecule has 0 bridgehead atoms. The Morgan fingerprint density at radius 3 is 2.22 bits per heavy atom. The lowest BCUT2D eigenvalue weighted by Crippen LogP contribution is -2.33. The van der Waals surface area contributed by atoms with E-state index in [1.54, 1.807) is 24.3 Å². The van der Waals surface area contributed by atoms with Crippen LogP contribution in [0, 0.1) is 11.3 Å². The Morgan fingerprint density at radius 1 is 1.04 bits per heavy atom. The summed E-state index contributed by atoms with van der Waals surface area (Å²) in [4.78, 5) is 24.4. The Labute approximate surface area is 156 Å². The van der Waals surface area contributed by atoms with Gasteiger partial charge in [0, 0.05) is 5.56 Å². The molecule has 2 amide bonds. The third kappa shape index (κ3) is 4.67. The minimum atomic E-state index is -0.488. The van der Waals surface area contributed by atoms with Gasteiger partial charge in [0.25, 0.3) is 5.91 Å². The van der Waals surface area contributed by atoms with Crippen molar-refractivity contribution < 1.29 is 23.8 Å². The second kappa shape index (κ2) is 9.10. The molecule has 2 N–H and O–H groups in total. The number of methoxy groups -OCH3 is 3. The Bertz CT molecular complexity index is 864. The Kier molecular flexibility index (Phi) is 6.61. The Balaban J connectivity index is 2.07. The first kappa shape index (κ1) is 19.6. The van der Waals surface area contributed by atoms with Gasteiger partial charge in [-0.15, -0.1) is 0 Å². The maximum Gasteiger partial charge on any atom is 0.251 e. The molecule has 2 aromatic rings. The minimum absolute atomic E-state index is 0.245. The van der Waals surface area contributed by atoms with Gasteiger partial charge in [0.2, 0.25) is 11.7 Å². The number of hydrogen-bond donors (Lipinski definition) is 2. The summed E-state index contributed by atoms with van der Waals surface area (Å²) in [6.07, 6.45) is 0. The molecule has 8 nitrogen and oxygen atoms in total. The number of nitrogens with one attached hydrogen (secondary N) is 2. The van der Waals surface area contributed by atoms with Crippen LogP contribution in [0.25, 0.3) is 0 Å². The van der Waals surface area contributed by atoms with Crippen LogP contribution >= 0.6 is 0 Å². The van der Waals surface area contributed by atoms with E-state index in [1.807, 2.05) is 6.07 Å². The number of rotatable bonds is 7. The molecule has 0 spiro atoms. The van der Waals surface area contributed by atoms with Gasteiger partial charge in [0.05, 0.1) is 39.1 Å². The summed E-state index contributed by atoms with van der Waals surface area (Å²) < 4.78 is 15.6. The molecule has 0 unspecified atom stereocenters. The molecule has 0 radical (unpaired) electrons. The zero-order chi connectivity index (χ0) is 19.8. The number of benzene rings is 2. The highest BCUT2D eigenvalue weighted by molar-refractivity contribution is 6.00. The van der Waals surface area contributed by atoms with Gasteiger partial charge in [-0.2, -0.15) is 5.26 Å². The molecule has 27 heavy (non-hydrogen) atoms. The molecule has 140 valence electrons. The number of ether oxygens (including phenoxy) is 3. The van der Waals surface area contributed by atoms with Crippen molar-refractivity contribution in [2.75, 3.05) is 33.2 Å². The number of nitriles is 1. The molecule has 0 aliphatic carbocycles. The van der Waals surface area contributed by atoms with Crippen molar-refractivity contribution in [1.29, 1.82) is 5.26 Å². The zero-order valence-corrected chi connectivity index (χ0v) is 15.2. The normalized spacial score (nSPS) is 9.70. The van der Waals surface area contributed by atoms with Crippen LogP contribution < -0.4 is 24.8 Å². The van der Waals surface area contributed by atoms with Crippen molar-refractivity contribution in [3.05, 3.63) is 47.5 Å². The molecular formula is C19H19N3O5. The average Bonchev–Trinajstić information content (AvgIpc) is 2.71. The molecule has 0 saturated carbocycles. The molecule has 0 atom stereocenters. The predicted molar refractivity (Wildman–Crippen MR) is 98.2 cm³/mol. The summed E-state index contributed by atoms with van der Waals surface area (Å²) in [5.74, 6) is 0.0719. The van der Waals surface area contributed by atoms with Crippen molar-refractivity contribution in [3.8, 4) is 23.3 Å². The zero-order valence-electron chi connectivity index (χ0n) is 15.2. The maximum atomic E-state index is 12.4. The van der Waals surface area contributed by atoms with Crippen LogP contribution in [0.15, 0.2) is 36.4 Å². The highest BCUT2D eigenvalue weighted by Crippen LogP contribution is 2.38.